The molecule has 0 aromatic heterocycles. The van der Waals surface area contributed by atoms with E-state index in [-0.39, 0.29) is 12.1 Å². The van der Waals surface area contributed by atoms with E-state index in [0.29, 0.717) is 6.42 Å². The highest BCUT2D eigenvalue weighted by molar-refractivity contribution is 5.96. The van der Waals surface area contributed by atoms with Crippen LogP contribution in [0.2, 0.25) is 0 Å². The van der Waals surface area contributed by atoms with Gasteiger partial charge in [0, 0.05) is 17.7 Å². The van der Waals surface area contributed by atoms with Gasteiger partial charge in [-0.3, -0.25) is 9.59 Å². The van der Waals surface area contributed by atoms with Crippen LogP contribution >= 0.6 is 0 Å². The number of benzene rings is 2. The summed E-state index contributed by atoms with van der Waals surface area (Å²) >= 11 is 0. The van der Waals surface area contributed by atoms with Crippen LogP contribution in [-0.4, -0.2) is 24.1 Å². The van der Waals surface area contributed by atoms with Crippen molar-refractivity contribution in [2.75, 3.05) is 6.54 Å². The number of hydrazone groups is 1. The first-order valence-electron chi connectivity index (χ1n) is 7.44. The lowest BCUT2D eigenvalue weighted by Crippen LogP contribution is -2.35. The molecule has 0 saturated carbocycles. The number of carbonyl (C=O) groups excluding carboxylic acids is 2. The lowest BCUT2D eigenvalue weighted by Gasteiger charge is -2.05. The largest absolute Gasteiger partial charge is 0.343 e. The average molecular weight is 327 g/mol. The van der Waals surface area contributed by atoms with Gasteiger partial charge in [0.1, 0.15) is 5.82 Å². The van der Waals surface area contributed by atoms with Crippen molar-refractivity contribution in [3.05, 3.63) is 71.5 Å². The Morgan fingerprint density at radius 3 is 2.38 bits per heavy atom. The second kappa shape index (κ2) is 8.57. The third-order valence-electron chi connectivity index (χ3n) is 3.19. The highest BCUT2D eigenvalue weighted by Crippen LogP contribution is 2.02. The zero-order chi connectivity index (χ0) is 17.4. The van der Waals surface area contributed by atoms with E-state index < -0.39 is 17.6 Å². The number of hydrogen-bond donors (Lipinski definition) is 2. The molecule has 6 heteroatoms. The zero-order valence-electron chi connectivity index (χ0n) is 13.3. The fourth-order valence-electron chi connectivity index (χ4n) is 1.99. The molecule has 0 unspecified atom stereocenters. The lowest BCUT2D eigenvalue weighted by molar-refractivity contribution is -0.120. The van der Waals surface area contributed by atoms with E-state index in [0.717, 1.165) is 11.3 Å². The van der Waals surface area contributed by atoms with E-state index in [1.807, 2.05) is 37.3 Å². The predicted molar refractivity (Wildman–Crippen MR) is 90.1 cm³/mol. The van der Waals surface area contributed by atoms with Crippen LogP contribution in [-0.2, 0) is 11.2 Å². The second-order valence-electron chi connectivity index (χ2n) is 5.23. The minimum Gasteiger partial charge on any atom is -0.343 e. The number of nitrogens with zero attached hydrogens (tertiary/aromatic N) is 1. The Hall–Kier alpha value is -3.02. The first-order chi connectivity index (χ1) is 11.5. The summed E-state index contributed by atoms with van der Waals surface area (Å²) in [5, 5.41) is 6.45. The molecule has 0 radical (unpaired) electrons. The SMILES string of the molecule is C/C(Cc1ccccc1)=N/NC(=O)CNC(=O)c1ccc(F)cc1. The van der Waals surface area contributed by atoms with Gasteiger partial charge >= 0.3 is 0 Å². The molecular weight excluding hydrogens is 309 g/mol. The molecule has 0 atom stereocenters. The molecule has 2 aromatic rings. The van der Waals surface area contributed by atoms with Crippen LogP contribution in [0.4, 0.5) is 4.39 Å². The fourth-order valence-corrected chi connectivity index (χ4v) is 1.99. The molecule has 2 amide bonds. The molecule has 0 bridgehead atoms. The van der Waals surface area contributed by atoms with E-state index in [1.165, 1.54) is 24.3 Å². The van der Waals surface area contributed by atoms with E-state index in [2.05, 4.69) is 15.8 Å². The maximum atomic E-state index is 12.8. The minimum atomic E-state index is -0.449. The smallest absolute Gasteiger partial charge is 0.259 e. The molecule has 0 aliphatic rings. The third-order valence-corrected chi connectivity index (χ3v) is 3.19. The maximum Gasteiger partial charge on any atom is 0.259 e. The summed E-state index contributed by atoms with van der Waals surface area (Å²) in [5.41, 5.74) is 4.52. The van der Waals surface area contributed by atoms with Crippen LogP contribution in [0.25, 0.3) is 0 Å². The van der Waals surface area contributed by atoms with Gasteiger partial charge in [0.25, 0.3) is 11.8 Å². The molecule has 2 aromatic carbocycles. The number of nitrogens with one attached hydrogen (secondary N) is 2. The van der Waals surface area contributed by atoms with Crippen LogP contribution in [0.15, 0.2) is 59.7 Å². The summed E-state index contributed by atoms with van der Waals surface area (Å²) in [6.45, 7) is 1.60. The predicted octanol–water partition coefficient (Wildman–Crippen LogP) is 2.29. The van der Waals surface area contributed by atoms with Crippen LogP contribution in [0.5, 0.6) is 0 Å². The minimum absolute atomic E-state index is 0.210. The molecule has 0 saturated heterocycles. The van der Waals surface area contributed by atoms with Crippen molar-refractivity contribution in [3.8, 4) is 0 Å². The monoisotopic (exact) mass is 327 g/mol. The molecule has 0 fully saturated rings. The van der Waals surface area contributed by atoms with E-state index in [1.54, 1.807) is 0 Å². The summed E-state index contributed by atoms with van der Waals surface area (Å²) in [5.74, 6) is -1.31. The number of hydrogen-bond acceptors (Lipinski definition) is 3. The molecule has 124 valence electrons. The van der Waals surface area contributed by atoms with Gasteiger partial charge in [-0.1, -0.05) is 30.3 Å². The van der Waals surface area contributed by atoms with Crippen LogP contribution in [0.1, 0.15) is 22.8 Å². The Morgan fingerprint density at radius 2 is 1.71 bits per heavy atom. The zero-order valence-corrected chi connectivity index (χ0v) is 13.3. The summed E-state index contributed by atoms with van der Waals surface area (Å²) < 4.78 is 12.8. The van der Waals surface area contributed by atoms with Crippen molar-refractivity contribution in [2.24, 2.45) is 5.10 Å². The van der Waals surface area contributed by atoms with Gasteiger partial charge < -0.3 is 5.32 Å². The van der Waals surface area contributed by atoms with Gasteiger partial charge in [0.2, 0.25) is 0 Å². The molecule has 0 aliphatic heterocycles. The third kappa shape index (κ3) is 5.64. The molecule has 5 nitrogen and oxygen atoms in total. The fraction of sp³-hybridized carbons (Fsp3) is 0.167. The van der Waals surface area contributed by atoms with Gasteiger partial charge in [0.05, 0.1) is 6.54 Å². The molecule has 0 aliphatic carbocycles. The van der Waals surface area contributed by atoms with E-state index >= 15 is 0 Å². The van der Waals surface area contributed by atoms with Gasteiger partial charge in [-0.2, -0.15) is 5.10 Å². The highest BCUT2D eigenvalue weighted by atomic mass is 19.1. The molecular formula is C18H18FN3O2. The summed E-state index contributed by atoms with van der Waals surface area (Å²) in [6, 6.07) is 14.8. The first kappa shape index (κ1) is 17.3. The molecule has 24 heavy (non-hydrogen) atoms. The van der Waals surface area contributed by atoms with E-state index in [9.17, 15) is 14.0 Å². The Labute approximate surface area is 139 Å². The van der Waals surface area contributed by atoms with Crippen molar-refractivity contribution in [1.29, 1.82) is 0 Å². The second-order valence-corrected chi connectivity index (χ2v) is 5.23. The topological polar surface area (TPSA) is 70.6 Å². The van der Waals surface area contributed by atoms with Crippen molar-refractivity contribution in [3.63, 3.8) is 0 Å². The van der Waals surface area contributed by atoms with Gasteiger partial charge in [-0.05, 0) is 36.8 Å². The summed E-state index contributed by atoms with van der Waals surface area (Å²) in [6.07, 6.45) is 0.628. The summed E-state index contributed by atoms with van der Waals surface area (Å²) in [7, 11) is 0. The maximum absolute atomic E-state index is 12.8. The Balaban J connectivity index is 1.77. The number of carbonyl (C=O) groups is 2. The summed E-state index contributed by atoms with van der Waals surface area (Å²) in [4.78, 5) is 23.5. The van der Waals surface area contributed by atoms with Gasteiger partial charge in [-0.25, -0.2) is 9.82 Å². The molecule has 2 N–H and O–H groups in total. The van der Waals surface area contributed by atoms with Crippen molar-refractivity contribution < 1.29 is 14.0 Å². The van der Waals surface area contributed by atoms with Crippen molar-refractivity contribution >= 4 is 17.5 Å². The van der Waals surface area contributed by atoms with Crippen molar-refractivity contribution in [1.82, 2.24) is 10.7 Å². The first-order valence-corrected chi connectivity index (χ1v) is 7.44. The van der Waals surface area contributed by atoms with Gasteiger partial charge in [-0.15, -0.1) is 0 Å². The lowest BCUT2D eigenvalue weighted by atomic mass is 10.1. The molecule has 2 rings (SSSR count). The van der Waals surface area contributed by atoms with Crippen LogP contribution in [0, 0.1) is 5.82 Å². The Kier molecular flexibility index (Phi) is 6.19. The Bertz CT molecular complexity index is 728. The van der Waals surface area contributed by atoms with E-state index in [4.69, 9.17) is 0 Å². The van der Waals surface area contributed by atoms with Gasteiger partial charge in [0.15, 0.2) is 0 Å². The van der Waals surface area contributed by atoms with Crippen LogP contribution in [0.3, 0.4) is 0 Å². The number of amides is 2. The average Bonchev–Trinajstić information content (AvgIpc) is 2.59. The van der Waals surface area contributed by atoms with Crippen molar-refractivity contribution in [2.45, 2.75) is 13.3 Å². The highest BCUT2D eigenvalue weighted by Gasteiger charge is 2.07. The molecule has 0 heterocycles. The van der Waals surface area contributed by atoms with Crippen LogP contribution < -0.4 is 10.7 Å². The number of halogens is 1. The Morgan fingerprint density at radius 1 is 1.04 bits per heavy atom. The number of rotatable bonds is 6. The molecule has 0 spiro atoms. The standard InChI is InChI=1S/C18H18FN3O2/c1-13(11-14-5-3-2-4-6-14)21-22-17(23)12-20-18(24)15-7-9-16(19)10-8-15/h2-10H,11-12H2,1H3,(H,20,24)(H,22,23)/b21-13-. The quantitative estimate of drug-likeness (QED) is 0.631. The normalized spacial score (nSPS) is 11.0.